The van der Waals surface area contributed by atoms with E-state index < -0.39 is 0 Å². The quantitative estimate of drug-likeness (QED) is 0.401. The van der Waals surface area contributed by atoms with Crippen molar-refractivity contribution in [3.05, 3.63) is 0 Å². The molecular formula is C12H19BClIO2. The Morgan fingerprint density at radius 1 is 1.35 bits per heavy atom. The Kier molecular flexibility index (Phi) is 3.06. The fraction of sp³-hybridized carbons (Fsp3) is 1.00. The van der Waals surface area contributed by atoms with Gasteiger partial charge in [-0.2, -0.15) is 0 Å². The summed E-state index contributed by atoms with van der Waals surface area (Å²) in [6.07, 6.45) is 2.65. The fourth-order valence-electron chi connectivity index (χ4n) is 4.12. The molecule has 0 N–H and O–H groups in total. The maximum absolute atomic E-state index is 6.15. The monoisotopic (exact) mass is 368 g/mol. The van der Waals surface area contributed by atoms with Crippen LogP contribution in [0.3, 0.4) is 0 Å². The predicted octanol–water partition coefficient (Wildman–Crippen LogP) is 3.50. The zero-order valence-electron chi connectivity index (χ0n) is 10.6. The average molecular weight is 368 g/mol. The van der Waals surface area contributed by atoms with Crippen LogP contribution in [0.15, 0.2) is 0 Å². The van der Waals surface area contributed by atoms with Gasteiger partial charge in [-0.3, -0.25) is 0 Å². The van der Waals surface area contributed by atoms with Crippen LogP contribution >= 0.6 is 34.2 Å². The smallest absolute Gasteiger partial charge is 0.410 e. The van der Waals surface area contributed by atoms with E-state index in [9.17, 15) is 0 Å². The molecule has 0 bridgehead atoms. The molecule has 2 aliphatic carbocycles. The fourth-order valence-corrected chi connectivity index (χ4v) is 5.42. The van der Waals surface area contributed by atoms with Crippen LogP contribution in [0.1, 0.15) is 33.6 Å². The lowest BCUT2D eigenvalue weighted by Crippen LogP contribution is -2.69. The minimum atomic E-state index is -0.261. The van der Waals surface area contributed by atoms with Crippen molar-refractivity contribution in [2.75, 3.05) is 6.61 Å². The zero-order chi connectivity index (χ0) is 12.4. The van der Waals surface area contributed by atoms with E-state index in [0.29, 0.717) is 17.3 Å². The topological polar surface area (TPSA) is 18.5 Å². The first-order valence-electron chi connectivity index (χ1n) is 6.48. The SMILES string of the molecule is C[C@@H](Cl)B1OCC2CC3CC(C23C)[C@](C)(I)O1. The highest BCUT2D eigenvalue weighted by Crippen LogP contribution is 2.72. The Bertz CT molecular complexity index is 338. The molecule has 0 aromatic rings. The summed E-state index contributed by atoms with van der Waals surface area (Å²) in [5.41, 5.74) is 0.455. The largest absolute Gasteiger partial charge is 0.476 e. The van der Waals surface area contributed by atoms with Crippen molar-refractivity contribution < 1.29 is 9.31 Å². The summed E-state index contributed by atoms with van der Waals surface area (Å²) in [6, 6.07) is 0. The summed E-state index contributed by atoms with van der Waals surface area (Å²) in [4.78, 5) is 0. The number of hydrogen-bond acceptors (Lipinski definition) is 2. The standard InChI is InChI=1S/C12H19BClIO2/c1-7(14)13-16-6-9-4-8-5-10(11(8,9)2)12(3,15)17-13/h7-10H,4-6H2,1-3H3/t7-,8?,9?,10?,11?,12-/m1/s1. The second-order valence-electron chi connectivity index (χ2n) is 6.27. The Balaban J connectivity index is 1.84. The van der Waals surface area contributed by atoms with Gasteiger partial charge in [0.2, 0.25) is 0 Å². The molecule has 2 nitrogen and oxygen atoms in total. The van der Waals surface area contributed by atoms with Crippen LogP contribution in [-0.4, -0.2) is 22.6 Å². The van der Waals surface area contributed by atoms with Gasteiger partial charge in [0.25, 0.3) is 0 Å². The van der Waals surface area contributed by atoms with E-state index in [2.05, 4.69) is 36.4 Å². The van der Waals surface area contributed by atoms with E-state index in [-0.39, 0.29) is 16.0 Å². The van der Waals surface area contributed by atoms with Crippen LogP contribution in [-0.2, 0) is 9.31 Å². The predicted molar refractivity (Wildman–Crippen MR) is 78.3 cm³/mol. The average Bonchev–Trinajstić information content (AvgIpc) is 2.24. The highest BCUT2D eigenvalue weighted by Gasteiger charge is 2.68. The van der Waals surface area contributed by atoms with E-state index in [4.69, 9.17) is 20.9 Å². The summed E-state index contributed by atoms with van der Waals surface area (Å²) < 4.78 is 11.9. The van der Waals surface area contributed by atoms with Crippen molar-refractivity contribution in [1.82, 2.24) is 0 Å². The van der Waals surface area contributed by atoms with Crippen molar-refractivity contribution in [1.29, 1.82) is 0 Å². The Hall–Kier alpha value is 1.00. The van der Waals surface area contributed by atoms with Gasteiger partial charge in [0.05, 0.1) is 5.28 Å². The number of hydrogen-bond donors (Lipinski definition) is 0. The summed E-state index contributed by atoms with van der Waals surface area (Å²) in [6.45, 7) is 7.38. The number of alkyl halides is 2. The van der Waals surface area contributed by atoms with E-state index in [0.717, 1.165) is 12.5 Å². The van der Waals surface area contributed by atoms with Crippen molar-refractivity contribution in [3.8, 4) is 0 Å². The second kappa shape index (κ2) is 4.00. The molecule has 2 saturated carbocycles. The van der Waals surface area contributed by atoms with Gasteiger partial charge in [-0.1, -0.05) is 13.8 Å². The van der Waals surface area contributed by atoms with E-state index in [1.165, 1.54) is 12.8 Å². The van der Waals surface area contributed by atoms with Gasteiger partial charge in [-0.15, -0.1) is 11.6 Å². The first-order valence-corrected chi connectivity index (χ1v) is 7.99. The molecule has 0 amide bonds. The lowest BCUT2D eigenvalue weighted by molar-refractivity contribution is -0.236. The van der Waals surface area contributed by atoms with Crippen LogP contribution in [0.4, 0.5) is 0 Å². The second-order valence-corrected chi connectivity index (χ2v) is 9.10. The summed E-state index contributed by atoms with van der Waals surface area (Å²) in [5, 5.41) is -0.0932. The highest BCUT2D eigenvalue weighted by atomic mass is 127. The molecule has 0 aromatic heterocycles. The third-order valence-electron chi connectivity index (χ3n) is 5.41. The Labute approximate surface area is 122 Å². The van der Waals surface area contributed by atoms with Crippen LogP contribution in [0, 0.1) is 23.2 Å². The molecule has 17 heavy (non-hydrogen) atoms. The summed E-state index contributed by atoms with van der Waals surface area (Å²) in [7, 11) is -0.261. The molecule has 1 heterocycles. The molecule has 5 heteroatoms. The molecule has 3 aliphatic rings. The molecule has 4 unspecified atom stereocenters. The molecule has 96 valence electrons. The molecule has 3 fully saturated rings. The minimum absolute atomic E-state index is 0.0932. The lowest BCUT2D eigenvalue weighted by Gasteiger charge is -2.71. The van der Waals surface area contributed by atoms with Crippen molar-refractivity contribution in [2.45, 2.75) is 42.5 Å². The third kappa shape index (κ3) is 1.73. The van der Waals surface area contributed by atoms with E-state index in [1.807, 2.05) is 6.92 Å². The molecule has 0 radical (unpaired) electrons. The Morgan fingerprint density at radius 2 is 2.06 bits per heavy atom. The molecule has 0 spiro atoms. The van der Waals surface area contributed by atoms with Crippen molar-refractivity contribution in [3.63, 3.8) is 0 Å². The van der Waals surface area contributed by atoms with Gasteiger partial charge in [0.1, 0.15) is 3.61 Å². The van der Waals surface area contributed by atoms with Crippen LogP contribution < -0.4 is 0 Å². The lowest BCUT2D eigenvalue weighted by atomic mass is 9.37. The maximum atomic E-state index is 6.15. The van der Waals surface area contributed by atoms with Crippen LogP contribution in [0.5, 0.6) is 0 Å². The minimum Gasteiger partial charge on any atom is -0.410 e. The molecule has 0 aromatic carbocycles. The van der Waals surface area contributed by atoms with Gasteiger partial charge < -0.3 is 9.31 Å². The molecule has 1 saturated heterocycles. The molecule has 1 aliphatic heterocycles. The zero-order valence-corrected chi connectivity index (χ0v) is 13.5. The van der Waals surface area contributed by atoms with Gasteiger partial charge in [-0.25, -0.2) is 0 Å². The van der Waals surface area contributed by atoms with Gasteiger partial charge in [-0.05, 0) is 59.6 Å². The van der Waals surface area contributed by atoms with Crippen LogP contribution in [0.2, 0.25) is 0 Å². The Morgan fingerprint density at radius 3 is 2.65 bits per heavy atom. The molecule has 6 atom stereocenters. The third-order valence-corrected chi connectivity index (χ3v) is 6.62. The van der Waals surface area contributed by atoms with Gasteiger partial charge >= 0.3 is 7.12 Å². The van der Waals surface area contributed by atoms with E-state index in [1.54, 1.807) is 0 Å². The van der Waals surface area contributed by atoms with Crippen LogP contribution in [0.25, 0.3) is 0 Å². The first kappa shape index (κ1) is 13.0. The number of rotatable bonds is 1. The van der Waals surface area contributed by atoms with Crippen molar-refractivity contribution in [2.24, 2.45) is 23.2 Å². The van der Waals surface area contributed by atoms with Gasteiger partial charge in [0.15, 0.2) is 0 Å². The number of halogens is 2. The highest BCUT2D eigenvalue weighted by molar-refractivity contribution is 14.1. The first-order chi connectivity index (χ1) is 7.85. The maximum Gasteiger partial charge on any atom is 0.476 e. The normalized spacial score (nSPS) is 54.9. The van der Waals surface area contributed by atoms with E-state index >= 15 is 0 Å². The molecular weight excluding hydrogens is 349 g/mol. The molecule has 3 rings (SSSR count). The van der Waals surface area contributed by atoms with Gasteiger partial charge in [0, 0.05) is 12.5 Å². The summed E-state index contributed by atoms with van der Waals surface area (Å²) in [5.74, 6) is 2.27. The summed E-state index contributed by atoms with van der Waals surface area (Å²) >= 11 is 8.61. The van der Waals surface area contributed by atoms with Crippen molar-refractivity contribution >= 4 is 41.3 Å².